The highest BCUT2D eigenvalue weighted by Gasteiger charge is 2.16. The molecule has 0 saturated carbocycles. The maximum atomic E-state index is 12.2. The molecule has 0 aromatic heterocycles. The van der Waals surface area contributed by atoms with Gasteiger partial charge >= 0.3 is 0 Å². The molecule has 0 aliphatic carbocycles. The number of sulfone groups is 1. The molecule has 0 radical (unpaired) electrons. The number of amides is 1. The number of hydrogen-bond acceptors (Lipinski definition) is 4. The third-order valence-corrected chi connectivity index (χ3v) is 4.52. The number of nitrogens with one attached hydrogen (secondary N) is 2. The van der Waals surface area contributed by atoms with Crippen molar-refractivity contribution in [2.24, 2.45) is 0 Å². The lowest BCUT2D eigenvalue weighted by molar-refractivity contribution is 0.0935. The lowest BCUT2D eigenvalue weighted by Gasteiger charge is -2.16. The van der Waals surface area contributed by atoms with Crippen LogP contribution < -0.4 is 10.6 Å². The third kappa shape index (κ3) is 4.05. The normalized spacial score (nSPS) is 20.1. The van der Waals surface area contributed by atoms with Crippen LogP contribution in [0.4, 0.5) is 0 Å². The second-order valence-corrected chi connectivity index (χ2v) is 7.19. The molecule has 6 heteroatoms. The summed E-state index contributed by atoms with van der Waals surface area (Å²) >= 11 is 0. The van der Waals surface area contributed by atoms with Gasteiger partial charge in [-0.3, -0.25) is 4.79 Å². The van der Waals surface area contributed by atoms with Gasteiger partial charge in [-0.05, 0) is 37.6 Å². The highest BCUT2D eigenvalue weighted by molar-refractivity contribution is 7.90. The molecular formula is C14H20N2O3S. The van der Waals surface area contributed by atoms with E-state index < -0.39 is 9.84 Å². The summed E-state index contributed by atoms with van der Waals surface area (Å²) in [6.07, 6.45) is 4.29. The van der Waals surface area contributed by atoms with E-state index in [2.05, 4.69) is 10.6 Å². The summed E-state index contributed by atoms with van der Waals surface area (Å²) in [5.74, 6) is -0.218. The van der Waals surface area contributed by atoms with Gasteiger partial charge in [0.05, 0.1) is 4.90 Å². The standard InChI is InChI=1S/C14H20N2O3S/c1-20(18,19)13-7-4-5-11(9-13)14(17)16-12-6-2-3-8-15-10-12/h4-5,7,9,12,15H,2-3,6,8,10H2,1H3,(H,16,17). The SMILES string of the molecule is CS(=O)(=O)c1cccc(C(=O)NC2CCCCNC2)c1. The molecule has 1 amide bonds. The van der Waals surface area contributed by atoms with Gasteiger partial charge in [0, 0.05) is 24.4 Å². The Balaban J connectivity index is 2.09. The Morgan fingerprint density at radius 2 is 2.15 bits per heavy atom. The Bertz CT molecular complexity index is 576. The Kier molecular flexibility index (Phi) is 4.77. The number of benzene rings is 1. The van der Waals surface area contributed by atoms with Crippen molar-refractivity contribution in [1.29, 1.82) is 0 Å². The van der Waals surface area contributed by atoms with Gasteiger partial charge in [0.25, 0.3) is 5.91 Å². The van der Waals surface area contributed by atoms with Crippen LogP contribution in [0.3, 0.4) is 0 Å². The lowest BCUT2D eigenvalue weighted by atomic mass is 10.1. The molecule has 1 unspecified atom stereocenters. The van der Waals surface area contributed by atoms with Gasteiger partial charge in [0.15, 0.2) is 9.84 Å². The van der Waals surface area contributed by atoms with E-state index in [1.807, 2.05) is 0 Å². The Morgan fingerprint density at radius 3 is 2.90 bits per heavy atom. The molecule has 110 valence electrons. The average Bonchev–Trinajstić information content (AvgIpc) is 2.66. The molecule has 2 N–H and O–H groups in total. The molecule has 1 saturated heterocycles. The van der Waals surface area contributed by atoms with Gasteiger partial charge in [-0.25, -0.2) is 8.42 Å². The zero-order valence-corrected chi connectivity index (χ0v) is 12.4. The molecule has 1 heterocycles. The van der Waals surface area contributed by atoms with Crippen molar-refractivity contribution in [3.8, 4) is 0 Å². The summed E-state index contributed by atoms with van der Waals surface area (Å²) in [5.41, 5.74) is 0.386. The molecule has 1 fully saturated rings. The summed E-state index contributed by atoms with van der Waals surface area (Å²) < 4.78 is 23.0. The minimum Gasteiger partial charge on any atom is -0.348 e. The van der Waals surface area contributed by atoms with Crippen molar-refractivity contribution >= 4 is 15.7 Å². The first-order chi connectivity index (χ1) is 9.47. The quantitative estimate of drug-likeness (QED) is 0.871. The first-order valence-electron chi connectivity index (χ1n) is 6.78. The fourth-order valence-corrected chi connectivity index (χ4v) is 2.95. The molecule has 1 atom stereocenters. The number of carbonyl (C=O) groups excluding carboxylic acids is 1. The maximum Gasteiger partial charge on any atom is 0.251 e. The van der Waals surface area contributed by atoms with Crippen LogP contribution in [-0.2, 0) is 9.84 Å². The maximum absolute atomic E-state index is 12.2. The molecule has 20 heavy (non-hydrogen) atoms. The summed E-state index contributed by atoms with van der Waals surface area (Å²) in [5, 5.41) is 6.24. The van der Waals surface area contributed by atoms with Crippen LogP contribution in [0, 0.1) is 0 Å². The number of hydrogen-bond donors (Lipinski definition) is 2. The minimum absolute atomic E-state index is 0.104. The van der Waals surface area contributed by atoms with Gasteiger partial charge in [-0.15, -0.1) is 0 Å². The Morgan fingerprint density at radius 1 is 1.35 bits per heavy atom. The fraction of sp³-hybridized carbons (Fsp3) is 0.500. The van der Waals surface area contributed by atoms with E-state index in [4.69, 9.17) is 0 Å². The second kappa shape index (κ2) is 6.37. The molecule has 1 aliphatic heterocycles. The van der Waals surface area contributed by atoms with Crippen LogP contribution in [0.5, 0.6) is 0 Å². The van der Waals surface area contributed by atoms with Crippen molar-refractivity contribution in [2.45, 2.75) is 30.2 Å². The van der Waals surface area contributed by atoms with Crippen molar-refractivity contribution in [3.05, 3.63) is 29.8 Å². The molecule has 1 aromatic rings. The first-order valence-corrected chi connectivity index (χ1v) is 8.67. The molecule has 1 aliphatic rings. The van der Waals surface area contributed by atoms with Crippen LogP contribution >= 0.6 is 0 Å². The van der Waals surface area contributed by atoms with E-state index in [0.29, 0.717) is 5.56 Å². The van der Waals surface area contributed by atoms with E-state index in [0.717, 1.165) is 38.6 Å². The van der Waals surface area contributed by atoms with Gasteiger partial charge in [-0.2, -0.15) is 0 Å². The van der Waals surface area contributed by atoms with E-state index in [-0.39, 0.29) is 16.8 Å². The third-order valence-electron chi connectivity index (χ3n) is 3.41. The van der Waals surface area contributed by atoms with E-state index >= 15 is 0 Å². The van der Waals surface area contributed by atoms with Gasteiger partial charge in [0.1, 0.15) is 0 Å². The predicted octanol–water partition coefficient (Wildman–Crippen LogP) is 0.962. The topological polar surface area (TPSA) is 75.3 Å². The smallest absolute Gasteiger partial charge is 0.251 e. The van der Waals surface area contributed by atoms with E-state index in [9.17, 15) is 13.2 Å². The van der Waals surface area contributed by atoms with Crippen LogP contribution in [0.2, 0.25) is 0 Å². The second-order valence-electron chi connectivity index (χ2n) is 5.17. The van der Waals surface area contributed by atoms with Crippen molar-refractivity contribution in [1.82, 2.24) is 10.6 Å². The highest BCUT2D eigenvalue weighted by Crippen LogP contribution is 2.12. The molecular weight excluding hydrogens is 276 g/mol. The highest BCUT2D eigenvalue weighted by atomic mass is 32.2. The van der Waals surface area contributed by atoms with Crippen molar-refractivity contribution in [2.75, 3.05) is 19.3 Å². The van der Waals surface area contributed by atoms with Crippen LogP contribution in [0.15, 0.2) is 29.2 Å². The minimum atomic E-state index is -3.29. The molecule has 1 aromatic carbocycles. The summed E-state index contributed by atoms with van der Waals surface area (Å²) in [4.78, 5) is 12.3. The Hall–Kier alpha value is -1.40. The molecule has 5 nitrogen and oxygen atoms in total. The van der Waals surface area contributed by atoms with Crippen LogP contribution in [0.1, 0.15) is 29.6 Å². The monoisotopic (exact) mass is 296 g/mol. The molecule has 0 bridgehead atoms. The van der Waals surface area contributed by atoms with Crippen LogP contribution in [0.25, 0.3) is 0 Å². The largest absolute Gasteiger partial charge is 0.348 e. The first kappa shape index (κ1) is 15.0. The number of carbonyl (C=O) groups is 1. The Labute approximate surface area is 119 Å². The number of rotatable bonds is 3. The molecule has 0 spiro atoms. The lowest BCUT2D eigenvalue weighted by Crippen LogP contribution is -2.40. The fourth-order valence-electron chi connectivity index (χ4n) is 2.28. The van der Waals surface area contributed by atoms with Gasteiger partial charge < -0.3 is 10.6 Å². The molecule has 2 rings (SSSR count). The van der Waals surface area contributed by atoms with Gasteiger partial charge in [0.2, 0.25) is 0 Å². The summed E-state index contributed by atoms with van der Waals surface area (Å²) in [6.45, 7) is 1.74. The van der Waals surface area contributed by atoms with Gasteiger partial charge in [-0.1, -0.05) is 12.5 Å². The van der Waals surface area contributed by atoms with Crippen molar-refractivity contribution < 1.29 is 13.2 Å². The summed E-state index contributed by atoms with van der Waals surface area (Å²) in [7, 11) is -3.29. The van der Waals surface area contributed by atoms with E-state index in [1.165, 1.54) is 12.1 Å². The average molecular weight is 296 g/mol. The van der Waals surface area contributed by atoms with Crippen LogP contribution in [-0.4, -0.2) is 39.7 Å². The van der Waals surface area contributed by atoms with E-state index in [1.54, 1.807) is 12.1 Å². The zero-order valence-electron chi connectivity index (χ0n) is 11.6. The van der Waals surface area contributed by atoms with Crippen molar-refractivity contribution in [3.63, 3.8) is 0 Å². The zero-order chi connectivity index (χ0) is 14.6. The summed E-state index contributed by atoms with van der Waals surface area (Å²) in [6, 6.07) is 6.26. The predicted molar refractivity (Wildman–Crippen MR) is 77.5 cm³/mol.